The van der Waals surface area contributed by atoms with Gasteiger partial charge in [-0.15, -0.1) is 0 Å². The van der Waals surface area contributed by atoms with Crippen molar-refractivity contribution in [2.45, 2.75) is 26.2 Å². The van der Waals surface area contributed by atoms with Crippen molar-refractivity contribution >= 4 is 11.5 Å². The van der Waals surface area contributed by atoms with E-state index in [1.54, 1.807) is 0 Å². The molecule has 0 saturated carbocycles. The highest BCUT2D eigenvalue weighted by molar-refractivity contribution is 5.79. The van der Waals surface area contributed by atoms with Gasteiger partial charge in [0, 0.05) is 6.42 Å². The number of allylic oxidation sites excluding steroid dienone is 1. The number of ether oxygens (including phenoxy) is 1. The molecular formula is C26H24O3. The number of rotatable bonds is 7. The Balaban J connectivity index is 1.37. The van der Waals surface area contributed by atoms with Crippen LogP contribution in [0.15, 0.2) is 72.8 Å². The number of carboxylic acid groups (broad SMARTS) is 1. The molecule has 0 aliphatic heterocycles. The molecule has 3 aromatic rings. The summed E-state index contributed by atoms with van der Waals surface area (Å²) in [5.41, 5.74) is 8.91. The number of hydrogen-bond acceptors (Lipinski definition) is 2. The zero-order chi connectivity index (χ0) is 20.2. The van der Waals surface area contributed by atoms with Gasteiger partial charge in [-0.3, -0.25) is 4.79 Å². The summed E-state index contributed by atoms with van der Waals surface area (Å²) in [6.45, 7) is 2.61. The molecule has 0 heterocycles. The molecule has 0 saturated heterocycles. The Morgan fingerprint density at radius 3 is 2.55 bits per heavy atom. The smallest absolute Gasteiger partial charge is 0.303 e. The molecule has 1 N–H and O–H groups in total. The number of carboxylic acids is 1. The van der Waals surface area contributed by atoms with Crippen molar-refractivity contribution in [2.24, 2.45) is 0 Å². The Hall–Kier alpha value is -3.33. The second kappa shape index (κ2) is 8.36. The van der Waals surface area contributed by atoms with E-state index in [9.17, 15) is 4.79 Å². The van der Waals surface area contributed by atoms with Crippen LogP contribution < -0.4 is 4.74 Å². The van der Waals surface area contributed by atoms with E-state index in [1.165, 1.54) is 33.4 Å². The summed E-state index contributed by atoms with van der Waals surface area (Å²) >= 11 is 0. The largest absolute Gasteiger partial charge is 0.490 e. The monoisotopic (exact) mass is 384 g/mol. The van der Waals surface area contributed by atoms with Crippen molar-refractivity contribution in [3.05, 3.63) is 95.1 Å². The minimum absolute atomic E-state index is 0.147. The maximum Gasteiger partial charge on any atom is 0.303 e. The fraction of sp³-hybridized carbons (Fsp3) is 0.192. The van der Waals surface area contributed by atoms with Gasteiger partial charge in [-0.2, -0.15) is 0 Å². The van der Waals surface area contributed by atoms with E-state index >= 15 is 0 Å². The minimum atomic E-state index is -0.777. The summed E-state index contributed by atoms with van der Waals surface area (Å²) < 4.78 is 5.83. The van der Waals surface area contributed by atoms with E-state index in [0.29, 0.717) is 13.0 Å². The predicted molar refractivity (Wildman–Crippen MR) is 116 cm³/mol. The SMILES string of the molecule is C/C(=C/COc1ccc(CCC(=O)O)cc1)c1ccc2c(c1)Cc1ccccc1-2. The van der Waals surface area contributed by atoms with Gasteiger partial charge in [0.25, 0.3) is 0 Å². The van der Waals surface area contributed by atoms with E-state index in [4.69, 9.17) is 9.84 Å². The molecule has 4 rings (SSSR count). The Kier molecular flexibility index (Phi) is 5.48. The number of aliphatic carboxylic acids is 1. The summed E-state index contributed by atoms with van der Waals surface area (Å²) in [7, 11) is 0. The molecular weight excluding hydrogens is 360 g/mol. The Morgan fingerprint density at radius 1 is 1.00 bits per heavy atom. The lowest BCUT2D eigenvalue weighted by molar-refractivity contribution is -0.136. The topological polar surface area (TPSA) is 46.5 Å². The van der Waals surface area contributed by atoms with Gasteiger partial charge >= 0.3 is 5.97 Å². The quantitative estimate of drug-likeness (QED) is 0.441. The number of carbonyl (C=O) groups is 1. The summed E-state index contributed by atoms with van der Waals surface area (Å²) in [5, 5.41) is 8.76. The highest BCUT2D eigenvalue weighted by atomic mass is 16.5. The average molecular weight is 384 g/mol. The number of fused-ring (bicyclic) bond motifs is 3. The second-order valence-electron chi connectivity index (χ2n) is 7.44. The first-order valence-electron chi connectivity index (χ1n) is 9.92. The normalized spacial score (nSPS) is 12.4. The zero-order valence-electron chi connectivity index (χ0n) is 16.5. The molecule has 0 radical (unpaired) electrons. The molecule has 0 atom stereocenters. The maximum absolute atomic E-state index is 10.7. The third-order valence-corrected chi connectivity index (χ3v) is 5.44. The molecule has 0 amide bonds. The lowest BCUT2D eigenvalue weighted by Crippen LogP contribution is -1.98. The number of hydrogen-bond donors (Lipinski definition) is 1. The van der Waals surface area contributed by atoms with Crippen molar-refractivity contribution in [3.63, 3.8) is 0 Å². The maximum atomic E-state index is 10.7. The first-order valence-corrected chi connectivity index (χ1v) is 9.92. The fourth-order valence-electron chi connectivity index (χ4n) is 3.77. The lowest BCUT2D eigenvalue weighted by atomic mass is 10.00. The summed E-state index contributed by atoms with van der Waals surface area (Å²) in [4.78, 5) is 10.7. The first kappa shape index (κ1) is 19.0. The molecule has 3 aromatic carbocycles. The van der Waals surface area contributed by atoms with E-state index < -0.39 is 5.97 Å². The van der Waals surface area contributed by atoms with Gasteiger partial charge in [0.2, 0.25) is 0 Å². The Morgan fingerprint density at radius 2 is 1.76 bits per heavy atom. The Bertz CT molecular complexity index is 1060. The number of benzene rings is 3. The third-order valence-electron chi connectivity index (χ3n) is 5.44. The zero-order valence-corrected chi connectivity index (χ0v) is 16.5. The van der Waals surface area contributed by atoms with Gasteiger partial charge in [0.05, 0.1) is 0 Å². The highest BCUT2D eigenvalue weighted by Gasteiger charge is 2.17. The lowest BCUT2D eigenvalue weighted by Gasteiger charge is -2.08. The van der Waals surface area contributed by atoms with Crippen LogP contribution in [0.1, 0.15) is 35.6 Å². The molecule has 1 aliphatic rings. The van der Waals surface area contributed by atoms with Crippen LogP contribution in [0.3, 0.4) is 0 Å². The van der Waals surface area contributed by atoms with E-state index in [2.05, 4.69) is 55.5 Å². The predicted octanol–water partition coefficient (Wildman–Crippen LogP) is 5.76. The van der Waals surface area contributed by atoms with E-state index in [1.807, 2.05) is 24.3 Å². The molecule has 3 nitrogen and oxygen atoms in total. The average Bonchev–Trinajstić information content (AvgIpc) is 3.11. The van der Waals surface area contributed by atoms with Crippen LogP contribution in [0.5, 0.6) is 5.75 Å². The van der Waals surface area contributed by atoms with Gasteiger partial charge in [-0.1, -0.05) is 54.6 Å². The van der Waals surface area contributed by atoms with Crippen molar-refractivity contribution in [1.82, 2.24) is 0 Å². The molecule has 29 heavy (non-hydrogen) atoms. The Labute approximate surface area is 171 Å². The van der Waals surface area contributed by atoms with Crippen LogP contribution in [0.2, 0.25) is 0 Å². The van der Waals surface area contributed by atoms with Gasteiger partial charge in [0.15, 0.2) is 0 Å². The molecule has 0 aromatic heterocycles. The summed E-state index contributed by atoms with van der Waals surface area (Å²) in [5.74, 6) is 0.0129. The second-order valence-corrected chi connectivity index (χ2v) is 7.44. The molecule has 0 fully saturated rings. The highest BCUT2D eigenvalue weighted by Crippen LogP contribution is 2.37. The van der Waals surface area contributed by atoms with Crippen molar-refractivity contribution < 1.29 is 14.6 Å². The van der Waals surface area contributed by atoms with E-state index in [-0.39, 0.29) is 6.42 Å². The molecule has 0 unspecified atom stereocenters. The molecule has 0 bridgehead atoms. The molecule has 0 spiro atoms. The van der Waals surface area contributed by atoms with Crippen LogP contribution in [-0.4, -0.2) is 17.7 Å². The first-order chi connectivity index (χ1) is 14.1. The summed E-state index contributed by atoms with van der Waals surface area (Å²) in [6, 6.07) is 22.9. The minimum Gasteiger partial charge on any atom is -0.490 e. The van der Waals surface area contributed by atoms with Gasteiger partial charge in [-0.05, 0) is 76.9 Å². The van der Waals surface area contributed by atoms with Crippen LogP contribution in [-0.2, 0) is 17.6 Å². The van der Waals surface area contributed by atoms with Crippen molar-refractivity contribution in [2.75, 3.05) is 6.61 Å². The molecule has 3 heteroatoms. The van der Waals surface area contributed by atoms with Crippen LogP contribution in [0.4, 0.5) is 0 Å². The van der Waals surface area contributed by atoms with Crippen LogP contribution in [0, 0.1) is 0 Å². The van der Waals surface area contributed by atoms with Crippen LogP contribution in [0.25, 0.3) is 16.7 Å². The standard InChI is InChI=1S/C26H24O3/c1-18(14-15-29-23-10-6-19(7-11-23)8-13-26(27)28)20-9-12-25-22(16-20)17-21-4-2-3-5-24(21)25/h2-7,9-12,14,16H,8,13,15,17H2,1H3,(H,27,28)/b18-14-. The molecule has 1 aliphatic carbocycles. The van der Waals surface area contributed by atoms with Crippen molar-refractivity contribution in [1.29, 1.82) is 0 Å². The van der Waals surface area contributed by atoms with Crippen molar-refractivity contribution in [3.8, 4) is 16.9 Å². The van der Waals surface area contributed by atoms with Gasteiger partial charge < -0.3 is 9.84 Å². The number of aryl methyl sites for hydroxylation is 1. The van der Waals surface area contributed by atoms with Gasteiger partial charge in [0.1, 0.15) is 12.4 Å². The summed E-state index contributed by atoms with van der Waals surface area (Å²) in [6.07, 6.45) is 3.78. The van der Waals surface area contributed by atoms with Gasteiger partial charge in [-0.25, -0.2) is 0 Å². The third kappa shape index (κ3) is 4.40. The molecule has 146 valence electrons. The fourth-order valence-corrected chi connectivity index (χ4v) is 3.77. The van der Waals surface area contributed by atoms with Crippen LogP contribution >= 0.6 is 0 Å². The van der Waals surface area contributed by atoms with E-state index in [0.717, 1.165) is 17.7 Å².